The highest BCUT2D eigenvalue weighted by molar-refractivity contribution is 9.10. The number of methoxy groups -OCH3 is 1. The Morgan fingerprint density at radius 1 is 1.65 bits per heavy atom. The number of rotatable bonds is 4. The van der Waals surface area contributed by atoms with Crippen molar-refractivity contribution in [3.8, 4) is 0 Å². The number of hydrogen-bond donors (Lipinski definition) is 0. The summed E-state index contributed by atoms with van der Waals surface area (Å²) in [6.45, 7) is 0.0335. The minimum absolute atomic E-state index is 0.0238. The van der Waals surface area contributed by atoms with Gasteiger partial charge in [-0.25, -0.2) is 0 Å². The maximum atomic E-state index is 11.6. The average Bonchev–Trinajstić information content (AvgIpc) is 2.28. The van der Waals surface area contributed by atoms with Gasteiger partial charge in [0, 0.05) is 23.3 Å². The van der Waals surface area contributed by atoms with E-state index < -0.39 is 22.1 Å². The number of halogens is 1. The number of carbonyl (C=O) groups excluding carboxylic acids is 1. The van der Waals surface area contributed by atoms with Gasteiger partial charge >= 0.3 is 17.2 Å². The van der Waals surface area contributed by atoms with Crippen molar-refractivity contribution < 1.29 is 14.5 Å². The minimum Gasteiger partial charge on any atom is -0.469 e. The lowest BCUT2D eigenvalue weighted by molar-refractivity contribution is -0.386. The number of nitrogens with zero attached hydrogens (tertiary/aromatic N) is 2. The van der Waals surface area contributed by atoms with Crippen LogP contribution in [0.1, 0.15) is 6.42 Å². The van der Waals surface area contributed by atoms with Gasteiger partial charge in [-0.2, -0.15) is 0 Å². The number of aromatic nitrogens is 1. The Labute approximate surface area is 104 Å². The van der Waals surface area contributed by atoms with Crippen LogP contribution in [0.2, 0.25) is 0 Å². The molecule has 0 spiro atoms. The Morgan fingerprint density at radius 3 is 2.82 bits per heavy atom. The van der Waals surface area contributed by atoms with Gasteiger partial charge in [-0.3, -0.25) is 19.7 Å². The Balaban J connectivity index is 3.04. The fourth-order valence-corrected chi connectivity index (χ4v) is 1.66. The van der Waals surface area contributed by atoms with Crippen molar-refractivity contribution in [2.45, 2.75) is 13.0 Å². The second kappa shape index (κ2) is 5.58. The van der Waals surface area contributed by atoms with E-state index in [2.05, 4.69) is 20.7 Å². The van der Waals surface area contributed by atoms with Crippen LogP contribution < -0.4 is 5.56 Å². The molecule has 8 heteroatoms. The molecule has 17 heavy (non-hydrogen) atoms. The third kappa shape index (κ3) is 3.38. The lowest BCUT2D eigenvalue weighted by atomic mass is 10.3. The Kier molecular flexibility index (Phi) is 4.38. The molecule has 1 heterocycles. The van der Waals surface area contributed by atoms with E-state index in [0.717, 1.165) is 10.6 Å². The molecule has 92 valence electrons. The molecule has 0 saturated carbocycles. The highest BCUT2D eigenvalue weighted by Gasteiger charge is 2.16. The Hall–Kier alpha value is -1.70. The number of esters is 1. The van der Waals surface area contributed by atoms with Crippen LogP contribution >= 0.6 is 15.9 Å². The smallest absolute Gasteiger partial charge is 0.335 e. The standard InChI is InChI=1S/C9H9BrN2O5/c1-17-8(13)2-3-11-5-6(10)4-7(9(11)14)12(15)16/h4-5H,2-3H2,1H3. The van der Waals surface area contributed by atoms with Crippen molar-refractivity contribution >= 4 is 27.6 Å². The third-order valence-corrected chi connectivity index (χ3v) is 2.45. The highest BCUT2D eigenvalue weighted by Crippen LogP contribution is 2.13. The molecule has 1 aromatic heterocycles. The second-order valence-electron chi connectivity index (χ2n) is 3.13. The van der Waals surface area contributed by atoms with Crippen LogP contribution in [0.25, 0.3) is 0 Å². The van der Waals surface area contributed by atoms with E-state index in [1.165, 1.54) is 13.3 Å². The topological polar surface area (TPSA) is 91.4 Å². The van der Waals surface area contributed by atoms with E-state index in [-0.39, 0.29) is 13.0 Å². The van der Waals surface area contributed by atoms with Crippen molar-refractivity contribution in [2.24, 2.45) is 0 Å². The molecular formula is C9H9BrN2O5. The lowest BCUT2D eigenvalue weighted by Crippen LogP contribution is -2.23. The van der Waals surface area contributed by atoms with Crippen LogP contribution in [0.5, 0.6) is 0 Å². The number of pyridine rings is 1. The summed E-state index contributed by atoms with van der Waals surface area (Å²) in [6, 6.07) is 1.12. The molecular weight excluding hydrogens is 296 g/mol. The summed E-state index contributed by atoms with van der Waals surface area (Å²) in [5.74, 6) is -0.487. The van der Waals surface area contributed by atoms with Gasteiger partial charge in [0.25, 0.3) is 0 Å². The van der Waals surface area contributed by atoms with E-state index in [4.69, 9.17) is 0 Å². The highest BCUT2D eigenvalue weighted by atomic mass is 79.9. The van der Waals surface area contributed by atoms with Gasteiger partial charge in [0.05, 0.1) is 18.5 Å². The van der Waals surface area contributed by atoms with Crippen LogP contribution in [0.15, 0.2) is 21.5 Å². The fourth-order valence-electron chi connectivity index (χ4n) is 1.19. The first-order chi connectivity index (χ1) is 7.95. The number of carbonyl (C=O) groups is 1. The van der Waals surface area contributed by atoms with Gasteiger partial charge in [0.2, 0.25) is 0 Å². The van der Waals surface area contributed by atoms with Crippen molar-refractivity contribution in [2.75, 3.05) is 7.11 Å². The minimum atomic E-state index is -0.762. The molecule has 7 nitrogen and oxygen atoms in total. The molecule has 0 bridgehead atoms. The SMILES string of the molecule is COC(=O)CCn1cc(Br)cc([N+](=O)[O-])c1=O. The van der Waals surface area contributed by atoms with E-state index in [0.29, 0.717) is 4.47 Å². The average molecular weight is 305 g/mol. The normalized spacial score (nSPS) is 10.0. The van der Waals surface area contributed by atoms with Crippen LogP contribution in [-0.4, -0.2) is 22.6 Å². The van der Waals surface area contributed by atoms with E-state index in [9.17, 15) is 19.7 Å². The lowest BCUT2D eigenvalue weighted by Gasteiger charge is -2.05. The van der Waals surface area contributed by atoms with Gasteiger partial charge in [0.1, 0.15) is 0 Å². The number of aryl methyl sites for hydroxylation is 1. The predicted octanol–water partition coefficient (Wildman–Crippen LogP) is 1.08. The van der Waals surface area contributed by atoms with E-state index in [1.54, 1.807) is 0 Å². The van der Waals surface area contributed by atoms with Crippen molar-refractivity contribution in [1.82, 2.24) is 4.57 Å². The molecule has 0 aliphatic rings. The first kappa shape index (κ1) is 13.4. The number of hydrogen-bond acceptors (Lipinski definition) is 5. The number of nitro groups is 1. The molecule has 0 unspecified atom stereocenters. The summed E-state index contributed by atoms with van der Waals surface area (Å²) in [5.41, 5.74) is -1.29. The zero-order chi connectivity index (χ0) is 13.0. The molecule has 0 N–H and O–H groups in total. The molecule has 0 fully saturated rings. The predicted molar refractivity (Wildman–Crippen MR) is 61.7 cm³/mol. The third-order valence-electron chi connectivity index (χ3n) is 2.01. The van der Waals surface area contributed by atoms with Crippen LogP contribution in [0.3, 0.4) is 0 Å². The summed E-state index contributed by atoms with van der Waals surface area (Å²) in [7, 11) is 1.23. The zero-order valence-electron chi connectivity index (χ0n) is 8.88. The molecule has 0 aromatic carbocycles. The maximum Gasteiger partial charge on any atom is 0.335 e. The summed E-state index contributed by atoms with van der Waals surface area (Å²) < 4.78 is 5.91. The van der Waals surface area contributed by atoms with Gasteiger partial charge in [0.15, 0.2) is 0 Å². The first-order valence-electron chi connectivity index (χ1n) is 4.57. The summed E-state index contributed by atoms with van der Waals surface area (Å²) in [5, 5.41) is 10.6. The van der Waals surface area contributed by atoms with Crippen molar-refractivity contribution in [3.05, 3.63) is 37.2 Å². The van der Waals surface area contributed by atoms with Gasteiger partial charge in [-0.05, 0) is 15.9 Å². The zero-order valence-corrected chi connectivity index (χ0v) is 10.5. The maximum absolute atomic E-state index is 11.6. The first-order valence-corrected chi connectivity index (χ1v) is 5.36. The molecule has 0 amide bonds. The van der Waals surface area contributed by atoms with Gasteiger partial charge < -0.3 is 9.30 Å². The molecule has 0 aliphatic carbocycles. The van der Waals surface area contributed by atoms with Crippen LogP contribution in [0, 0.1) is 10.1 Å². The molecule has 0 saturated heterocycles. The molecule has 0 atom stereocenters. The van der Waals surface area contributed by atoms with Crippen molar-refractivity contribution in [3.63, 3.8) is 0 Å². The van der Waals surface area contributed by atoms with Crippen molar-refractivity contribution in [1.29, 1.82) is 0 Å². The van der Waals surface area contributed by atoms with Gasteiger partial charge in [-0.15, -0.1) is 0 Å². The van der Waals surface area contributed by atoms with E-state index >= 15 is 0 Å². The quantitative estimate of drug-likeness (QED) is 0.471. The number of ether oxygens (including phenoxy) is 1. The summed E-state index contributed by atoms with van der Waals surface area (Å²) in [4.78, 5) is 32.4. The molecule has 0 aliphatic heterocycles. The fraction of sp³-hybridized carbons (Fsp3) is 0.333. The molecule has 1 aromatic rings. The molecule has 0 radical (unpaired) electrons. The summed E-state index contributed by atoms with van der Waals surface area (Å²) in [6.07, 6.45) is 1.36. The van der Waals surface area contributed by atoms with E-state index in [1.807, 2.05) is 0 Å². The summed E-state index contributed by atoms with van der Waals surface area (Å²) >= 11 is 3.06. The second-order valence-corrected chi connectivity index (χ2v) is 4.04. The van der Waals surface area contributed by atoms with Crippen LogP contribution in [-0.2, 0) is 16.1 Å². The monoisotopic (exact) mass is 304 g/mol. The molecule has 1 rings (SSSR count). The Bertz CT molecular complexity index is 511. The van der Waals surface area contributed by atoms with Crippen LogP contribution in [0.4, 0.5) is 5.69 Å². The Morgan fingerprint density at radius 2 is 2.29 bits per heavy atom. The largest absolute Gasteiger partial charge is 0.469 e. The van der Waals surface area contributed by atoms with Gasteiger partial charge in [-0.1, -0.05) is 0 Å².